The van der Waals surface area contributed by atoms with Crippen LogP contribution >= 0.6 is 11.8 Å². The van der Waals surface area contributed by atoms with Gasteiger partial charge >= 0.3 is 0 Å². The van der Waals surface area contributed by atoms with Gasteiger partial charge < -0.3 is 5.11 Å². The van der Waals surface area contributed by atoms with Crippen molar-refractivity contribution in [3.05, 3.63) is 59.9 Å². The van der Waals surface area contributed by atoms with Gasteiger partial charge in [-0.25, -0.2) is 26.2 Å². The Balaban J connectivity index is 1.61. The van der Waals surface area contributed by atoms with Gasteiger partial charge in [0.05, 0.1) is 21.6 Å². The van der Waals surface area contributed by atoms with Crippen LogP contribution in [0, 0.1) is 12.7 Å². The number of aliphatic hydroxyl groups is 1. The first-order valence-corrected chi connectivity index (χ1v) is 12.4. The first-order valence-electron chi connectivity index (χ1n) is 8.59. The lowest BCUT2D eigenvalue weighted by molar-refractivity contribution is 0.0735. The third-order valence-corrected chi connectivity index (χ3v) is 10.2. The van der Waals surface area contributed by atoms with Crippen molar-refractivity contribution >= 4 is 36.0 Å². The molecule has 154 valence electrons. The Labute approximate surface area is 172 Å². The van der Waals surface area contributed by atoms with Gasteiger partial charge in [0, 0.05) is 6.54 Å². The monoisotopic (exact) mass is 456 g/mol. The molecule has 0 aromatic heterocycles. The normalized spacial score (nSPS) is 25.1. The van der Waals surface area contributed by atoms with E-state index < -0.39 is 36.7 Å². The second-order valence-corrected chi connectivity index (χ2v) is 12.2. The maximum absolute atomic E-state index is 13.1. The molecular weight excluding hydrogens is 439 g/mol. The molecule has 2 aliphatic rings. The van der Waals surface area contributed by atoms with Crippen LogP contribution in [0.2, 0.25) is 0 Å². The third-order valence-electron chi connectivity index (χ3n) is 4.83. The molecule has 0 amide bonds. The molecule has 1 fully saturated rings. The number of benzene rings is 2. The van der Waals surface area contributed by atoms with Gasteiger partial charge in [0.25, 0.3) is 0 Å². The highest BCUT2D eigenvalue weighted by molar-refractivity contribution is 8.36. The molecule has 2 atom stereocenters. The standard InChI is InChI=1S/C18H17FN2O5S3/c1-12-2-6-15(7-3-12)29(25,26)21-10-16-18(22,11-21)20-17(27-16)28(23,24)14-8-4-13(19)5-9-14/h2-9,16,22H,10-11H2,1H3. The fourth-order valence-electron chi connectivity index (χ4n) is 3.18. The Bertz CT molecular complexity index is 1200. The number of nitrogens with zero attached hydrogens (tertiary/aromatic N) is 2. The summed E-state index contributed by atoms with van der Waals surface area (Å²) in [6.45, 7) is 1.42. The number of aliphatic imine (C=N–C) groups is 1. The molecule has 0 aliphatic carbocycles. The molecule has 0 spiro atoms. The van der Waals surface area contributed by atoms with E-state index in [1.54, 1.807) is 12.1 Å². The summed E-state index contributed by atoms with van der Waals surface area (Å²) in [6.07, 6.45) is 0. The minimum absolute atomic E-state index is 0.0800. The quantitative estimate of drug-likeness (QED) is 0.706. The van der Waals surface area contributed by atoms with Crippen LogP contribution in [0.25, 0.3) is 0 Å². The number of thioether (sulfide) groups is 1. The van der Waals surface area contributed by atoms with Crippen LogP contribution in [0.4, 0.5) is 4.39 Å². The second kappa shape index (κ2) is 6.88. The molecule has 11 heteroatoms. The molecule has 0 saturated carbocycles. The summed E-state index contributed by atoms with van der Waals surface area (Å²) >= 11 is 0.816. The number of sulfonamides is 1. The summed E-state index contributed by atoms with van der Waals surface area (Å²) in [6, 6.07) is 10.6. The van der Waals surface area contributed by atoms with Crippen LogP contribution in [-0.2, 0) is 19.9 Å². The topological polar surface area (TPSA) is 104 Å². The zero-order valence-corrected chi connectivity index (χ0v) is 17.6. The summed E-state index contributed by atoms with van der Waals surface area (Å²) in [5.74, 6) is -0.572. The predicted molar refractivity (Wildman–Crippen MR) is 107 cm³/mol. The molecule has 0 radical (unpaired) electrons. The maximum atomic E-state index is 13.1. The molecule has 2 aliphatic heterocycles. The maximum Gasteiger partial charge on any atom is 0.243 e. The van der Waals surface area contributed by atoms with Crippen LogP contribution in [0.3, 0.4) is 0 Å². The van der Waals surface area contributed by atoms with E-state index in [-0.39, 0.29) is 27.3 Å². The van der Waals surface area contributed by atoms with Crippen molar-refractivity contribution in [3.8, 4) is 0 Å². The number of sulfone groups is 1. The fraction of sp³-hybridized carbons (Fsp3) is 0.278. The number of hydrogen-bond donors (Lipinski definition) is 1. The minimum atomic E-state index is -4.03. The van der Waals surface area contributed by atoms with Crippen LogP contribution < -0.4 is 0 Å². The molecule has 2 aromatic carbocycles. The average molecular weight is 457 g/mol. The van der Waals surface area contributed by atoms with E-state index in [0.29, 0.717) is 0 Å². The van der Waals surface area contributed by atoms with Crippen molar-refractivity contribution in [2.24, 2.45) is 4.99 Å². The van der Waals surface area contributed by atoms with Crippen molar-refractivity contribution in [2.45, 2.75) is 27.7 Å². The van der Waals surface area contributed by atoms with Gasteiger partial charge in [-0.05, 0) is 43.3 Å². The number of rotatable bonds is 3. The lowest BCUT2D eigenvalue weighted by atomic mass is 10.2. The number of β-amino-alcohol motifs (C(OH)–C–C–N with tert-alkyl or cyclic N) is 1. The van der Waals surface area contributed by atoms with Gasteiger partial charge in [0.15, 0.2) is 10.1 Å². The molecule has 0 bridgehead atoms. The lowest BCUT2D eigenvalue weighted by Crippen LogP contribution is -2.36. The first kappa shape index (κ1) is 20.5. The van der Waals surface area contributed by atoms with Gasteiger partial charge in [-0.3, -0.25) is 0 Å². The Kier molecular flexibility index (Phi) is 4.86. The van der Waals surface area contributed by atoms with E-state index >= 15 is 0 Å². The number of halogens is 1. The van der Waals surface area contributed by atoms with Crippen molar-refractivity contribution in [1.29, 1.82) is 0 Å². The molecular formula is C18H17FN2O5S3. The van der Waals surface area contributed by atoms with Gasteiger partial charge in [-0.1, -0.05) is 29.5 Å². The summed E-state index contributed by atoms with van der Waals surface area (Å²) < 4.78 is 65.1. The van der Waals surface area contributed by atoms with Crippen molar-refractivity contribution in [3.63, 3.8) is 0 Å². The van der Waals surface area contributed by atoms with Gasteiger partial charge in [0.1, 0.15) is 5.82 Å². The zero-order valence-electron chi connectivity index (χ0n) is 15.2. The minimum Gasteiger partial charge on any atom is -0.367 e. The zero-order chi connectivity index (χ0) is 21.0. The summed E-state index contributed by atoms with van der Waals surface area (Å²) in [4.78, 5) is 3.93. The van der Waals surface area contributed by atoms with Crippen LogP contribution in [-0.4, -0.2) is 54.7 Å². The predicted octanol–water partition coefficient (Wildman–Crippen LogP) is 1.77. The Morgan fingerprint density at radius 3 is 2.24 bits per heavy atom. The third kappa shape index (κ3) is 3.50. The van der Waals surface area contributed by atoms with E-state index in [1.807, 2.05) is 6.92 Å². The molecule has 2 heterocycles. The number of aryl methyl sites for hydroxylation is 1. The summed E-state index contributed by atoms with van der Waals surface area (Å²) in [5, 5.41) is 10.1. The van der Waals surface area contributed by atoms with E-state index in [1.165, 1.54) is 12.1 Å². The fourth-order valence-corrected chi connectivity index (χ4v) is 7.90. The highest BCUT2D eigenvalue weighted by Gasteiger charge is 2.55. The molecule has 1 N–H and O–H groups in total. The smallest absolute Gasteiger partial charge is 0.243 e. The van der Waals surface area contributed by atoms with Gasteiger partial charge in [-0.2, -0.15) is 4.31 Å². The first-order chi connectivity index (χ1) is 13.5. The molecule has 2 unspecified atom stereocenters. The Morgan fingerprint density at radius 1 is 1.07 bits per heavy atom. The molecule has 29 heavy (non-hydrogen) atoms. The van der Waals surface area contributed by atoms with Crippen molar-refractivity contribution in [2.75, 3.05) is 13.1 Å². The van der Waals surface area contributed by atoms with E-state index in [0.717, 1.165) is 45.9 Å². The second-order valence-electron chi connectivity index (χ2n) is 6.93. The molecule has 4 rings (SSSR count). The van der Waals surface area contributed by atoms with E-state index in [9.17, 15) is 26.3 Å². The average Bonchev–Trinajstić information content (AvgIpc) is 3.15. The van der Waals surface area contributed by atoms with Crippen molar-refractivity contribution in [1.82, 2.24) is 4.31 Å². The Hall–Kier alpha value is -1.79. The summed E-state index contributed by atoms with van der Waals surface area (Å²) in [7, 11) is -7.87. The van der Waals surface area contributed by atoms with Gasteiger partial charge in [-0.15, -0.1) is 0 Å². The van der Waals surface area contributed by atoms with Crippen LogP contribution in [0.5, 0.6) is 0 Å². The van der Waals surface area contributed by atoms with E-state index in [4.69, 9.17) is 0 Å². The number of fused-ring (bicyclic) bond motifs is 1. The van der Waals surface area contributed by atoms with E-state index in [2.05, 4.69) is 4.99 Å². The SMILES string of the molecule is Cc1ccc(S(=O)(=O)N2CC3SC(S(=O)(=O)c4ccc(F)cc4)=NC3(O)C2)cc1. The summed E-state index contributed by atoms with van der Waals surface area (Å²) in [5.41, 5.74) is -0.929. The Morgan fingerprint density at radius 2 is 1.66 bits per heavy atom. The van der Waals surface area contributed by atoms with Crippen LogP contribution in [0.1, 0.15) is 5.56 Å². The van der Waals surface area contributed by atoms with Crippen LogP contribution in [0.15, 0.2) is 63.3 Å². The van der Waals surface area contributed by atoms with Crippen molar-refractivity contribution < 1.29 is 26.3 Å². The highest BCUT2D eigenvalue weighted by atomic mass is 32.3. The van der Waals surface area contributed by atoms with Gasteiger partial charge in [0.2, 0.25) is 19.9 Å². The largest absolute Gasteiger partial charge is 0.367 e. The number of hydrogen-bond acceptors (Lipinski definition) is 7. The lowest BCUT2D eigenvalue weighted by Gasteiger charge is -2.18. The molecule has 1 saturated heterocycles. The molecule has 2 aromatic rings. The highest BCUT2D eigenvalue weighted by Crippen LogP contribution is 2.43. The molecule has 7 nitrogen and oxygen atoms in total.